The summed E-state index contributed by atoms with van der Waals surface area (Å²) in [6.07, 6.45) is 1.66. The van der Waals surface area contributed by atoms with E-state index in [-0.39, 0.29) is 0 Å². The monoisotopic (exact) mass is 730 g/mol. The Labute approximate surface area is 325 Å². The van der Waals surface area contributed by atoms with E-state index in [0.717, 1.165) is 50.0 Å². The van der Waals surface area contributed by atoms with Crippen LogP contribution in [0.5, 0.6) is 0 Å². The standard InChI is InChI=1S/C52H30N2OS/c1-2-16-40-38(14-1)39-15-3-4-17-41(39)45-28-33(22-24-42(40)45)34-23-25-47-46(29-34)50-51(55-47)49(53-30-54-50)36-13-8-11-32(27-36)31-10-7-12-35(26-31)37-19-9-20-44-43-18-5-6-21-48(43)56-52(37)44/h1-30H. The van der Waals surface area contributed by atoms with Crippen molar-refractivity contribution in [3.63, 3.8) is 0 Å². The lowest BCUT2D eigenvalue weighted by molar-refractivity contribution is 0.667. The van der Waals surface area contributed by atoms with Crippen LogP contribution >= 0.6 is 11.3 Å². The maximum absolute atomic E-state index is 6.57. The van der Waals surface area contributed by atoms with E-state index in [1.807, 2.05) is 11.3 Å². The minimum Gasteiger partial charge on any atom is -0.452 e. The van der Waals surface area contributed by atoms with Crippen molar-refractivity contribution in [2.75, 3.05) is 0 Å². The van der Waals surface area contributed by atoms with Crippen LogP contribution in [0.4, 0.5) is 0 Å². The molecule has 0 aliphatic carbocycles. The fourth-order valence-electron chi connectivity index (χ4n) is 8.74. The summed E-state index contributed by atoms with van der Waals surface area (Å²) >= 11 is 1.86. The molecule has 56 heavy (non-hydrogen) atoms. The van der Waals surface area contributed by atoms with Gasteiger partial charge in [0.2, 0.25) is 0 Å². The maximum Gasteiger partial charge on any atom is 0.180 e. The van der Waals surface area contributed by atoms with Gasteiger partial charge in [-0.25, -0.2) is 9.97 Å². The molecule has 0 N–H and O–H groups in total. The van der Waals surface area contributed by atoms with Gasteiger partial charge < -0.3 is 4.42 Å². The zero-order valence-electron chi connectivity index (χ0n) is 30.0. The Morgan fingerprint density at radius 2 is 0.929 bits per heavy atom. The minimum atomic E-state index is 0.693. The summed E-state index contributed by atoms with van der Waals surface area (Å²) < 4.78 is 9.20. The van der Waals surface area contributed by atoms with Gasteiger partial charge in [-0.15, -0.1) is 11.3 Å². The van der Waals surface area contributed by atoms with E-state index in [9.17, 15) is 0 Å². The van der Waals surface area contributed by atoms with Gasteiger partial charge in [0.25, 0.3) is 0 Å². The Morgan fingerprint density at radius 3 is 1.70 bits per heavy atom. The van der Waals surface area contributed by atoms with Crippen LogP contribution in [-0.2, 0) is 0 Å². The number of rotatable bonds is 4. The molecule has 3 nitrogen and oxygen atoms in total. The van der Waals surface area contributed by atoms with E-state index in [1.54, 1.807) is 6.33 Å². The average molecular weight is 731 g/mol. The van der Waals surface area contributed by atoms with Crippen LogP contribution in [0, 0.1) is 0 Å². The molecular formula is C52H30N2OS. The van der Waals surface area contributed by atoms with Crippen molar-refractivity contribution < 1.29 is 4.42 Å². The number of fused-ring (bicyclic) bond motifs is 12. The maximum atomic E-state index is 6.57. The molecule has 0 radical (unpaired) electrons. The topological polar surface area (TPSA) is 38.9 Å². The quantitative estimate of drug-likeness (QED) is 0.169. The van der Waals surface area contributed by atoms with E-state index >= 15 is 0 Å². The van der Waals surface area contributed by atoms with E-state index in [2.05, 4.69) is 176 Å². The van der Waals surface area contributed by atoms with Crippen LogP contribution in [-0.4, -0.2) is 9.97 Å². The highest BCUT2D eigenvalue weighted by molar-refractivity contribution is 7.26. The Hall–Kier alpha value is -7.14. The van der Waals surface area contributed by atoms with Crippen LogP contribution in [0.25, 0.3) is 119 Å². The predicted octanol–water partition coefficient (Wildman–Crippen LogP) is 14.9. The number of hydrogen-bond donors (Lipinski definition) is 0. The van der Waals surface area contributed by atoms with Gasteiger partial charge >= 0.3 is 0 Å². The van der Waals surface area contributed by atoms with Crippen molar-refractivity contribution in [3.05, 3.63) is 182 Å². The Bertz CT molecular complexity index is 3520. The minimum absolute atomic E-state index is 0.693. The second-order valence-electron chi connectivity index (χ2n) is 14.5. The first-order chi connectivity index (χ1) is 27.7. The number of furan rings is 1. The Kier molecular flexibility index (Phi) is 6.80. The molecule has 0 unspecified atom stereocenters. The second-order valence-corrected chi connectivity index (χ2v) is 15.6. The molecule has 0 spiro atoms. The average Bonchev–Trinajstić information content (AvgIpc) is 3.85. The fraction of sp³-hybridized carbons (Fsp3) is 0. The number of aromatic nitrogens is 2. The van der Waals surface area contributed by atoms with Gasteiger partial charge in [0.1, 0.15) is 23.1 Å². The molecule has 3 heterocycles. The third kappa shape index (κ3) is 4.76. The summed E-state index contributed by atoms with van der Waals surface area (Å²) in [6.45, 7) is 0. The molecule has 0 saturated carbocycles. The SMILES string of the molecule is c1cc(-c2cccc(-c3cccc4c3sc3ccccc34)c2)cc(-c2ncnc3c2oc2ccc(-c4ccc5c6ccccc6c6ccccc6c5c4)cc23)c1. The van der Waals surface area contributed by atoms with Crippen molar-refractivity contribution in [3.8, 4) is 44.6 Å². The summed E-state index contributed by atoms with van der Waals surface area (Å²) in [5, 5.41) is 11.2. The van der Waals surface area contributed by atoms with Gasteiger partial charge in [0, 0.05) is 31.1 Å². The predicted molar refractivity (Wildman–Crippen MR) is 236 cm³/mol. The Morgan fingerprint density at radius 1 is 0.375 bits per heavy atom. The highest BCUT2D eigenvalue weighted by Crippen LogP contribution is 2.42. The molecule has 12 aromatic rings. The normalized spacial score (nSPS) is 11.9. The van der Waals surface area contributed by atoms with Gasteiger partial charge in [-0.2, -0.15) is 0 Å². The fourth-order valence-corrected chi connectivity index (χ4v) is 9.97. The third-order valence-corrected chi connectivity index (χ3v) is 12.6. The molecule has 3 aromatic heterocycles. The number of thiophene rings is 1. The van der Waals surface area contributed by atoms with Gasteiger partial charge in [-0.1, -0.05) is 140 Å². The molecule has 0 aliphatic rings. The summed E-state index contributed by atoms with van der Waals surface area (Å²) in [4.78, 5) is 9.57. The molecular weight excluding hydrogens is 701 g/mol. The molecule has 0 saturated heterocycles. The van der Waals surface area contributed by atoms with Gasteiger partial charge in [0.15, 0.2) is 5.58 Å². The van der Waals surface area contributed by atoms with Crippen molar-refractivity contribution in [2.24, 2.45) is 0 Å². The van der Waals surface area contributed by atoms with Crippen molar-refractivity contribution >= 4 is 85.9 Å². The van der Waals surface area contributed by atoms with Gasteiger partial charge in [-0.3, -0.25) is 0 Å². The lowest BCUT2D eigenvalue weighted by Gasteiger charge is -2.12. The van der Waals surface area contributed by atoms with E-state index in [1.165, 1.54) is 63.6 Å². The molecule has 9 aromatic carbocycles. The number of nitrogens with zero attached hydrogens (tertiary/aromatic N) is 2. The smallest absolute Gasteiger partial charge is 0.180 e. The summed E-state index contributed by atoms with van der Waals surface area (Å²) in [5.41, 5.74) is 11.1. The molecule has 0 bridgehead atoms. The molecule has 0 amide bonds. The van der Waals surface area contributed by atoms with Gasteiger partial charge in [0.05, 0.1) is 0 Å². The molecule has 12 rings (SSSR count). The van der Waals surface area contributed by atoms with E-state index in [0.29, 0.717) is 5.58 Å². The van der Waals surface area contributed by atoms with Gasteiger partial charge in [-0.05, 0) is 102 Å². The van der Waals surface area contributed by atoms with Crippen LogP contribution in [0.3, 0.4) is 0 Å². The van der Waals surface area contributed by atoms with Crippen molar-refractivity contribution in [1.29, 1.82) is 0 Å². The van der Waals surface area contributed by atoms with Crippen molar-refractivity contribution in [2.45, 2.75) is 0 Å². The highest BCUT2D eigenvalue weighted by atomic mass is 32.1. The van der Waals surface area contributed by atoms with Crippen LogP contribution < -0.4 is 0 Å². The first kappa shape index (κ1) is 31.2. The molecule has 0 atom stereocenters. The van der Waals surface area contributed by atoms with E-state index in [4.69, 9.17) is 14.4 Å². The highest BCUT2D eigenvalue weighted by Gasteiger charge is 2.18. The summed E-state index contributed by atoms with van der Waals surface area (Å²) in [6, 6.07) is 63.4. The summed E-state index contributed by atoms with van der Waals surface area (Å²) in [5.74, 6) is 0. The van der Waals surface area contributed by atoms with Crippen LogP contribution in [0.1, 0.15) is 0 Å². The zero-order chi connectivity index (χ0) is 36.7. The van der Waals surface area contributed by atoms with Crippen LogP contribution in [0.2, 0.25) is 0 Å². The Balaban J connectivity index is 0.942. The molecule has 0 aliphatic heterocycles. The number of hydrogen-bond acceptors (Lipinski definition) is 4. The largest absolute Gasteiger partial charge is 0.452 e. The summed E-state index contributed by atoms with van der Waals surface area (Å²) in [7, 11) is 0. The van der Waals surface area contributed by atoms with Crippen LogP contribution in [0.15, 0.2) is 187 Å². The van der Waals surface area contributed by atoms with E-state index < -0.39 is 0 Å². The lowest BCUT2D eigenvalue weighted by atomic mass is 9.92. The van der Waals surface area contributed by atoms with Crippen molar-refractivity contribution in [1.82, 2.24) is 9.97 Å². The lowest BCUT2D eigenvalue weighted by Crippen LogP contribution is -1.88. The molecule has 0 fully saturated rings. The number of benzene rings is 9. The molecule has 4 heteroatoms. The first-order valence-electron chi connectivity index (χ1n) is 18.9. The second kappa shape index (κ2) is 12.2. The first-order valence-corrected chi connectivity index (χ1v) is 19.7. The molecule has 260 valence electrons. The zero-order valence-corrected chi connectivity index (χ0v) is 30.8. The third-order valence-electron chi connectivity index (χ3n) is 11.4.